The maximum atomic E-state index is 6.29. The maximum absolute atomic E-state index is 6.29. The Kier molecular flexibility index (Phi) is 9.06. The molecule has 0 aliphatic carbocycles. The van der Waals surface area contributed by atoms with Crippen LogP contribution in [-0.4, -0.2) is 9.97 Å². The van der Waals surface area contributed by atoms with Gasteiger partial charge in [0.25, 0.3) is 0 Å². The molecule has 0 aliphatic heterocycles. The number of hydrogen-bond acceptors (Lipinski definition) is 6. The topological polar surface area (TPSA) is 65.2 Å². The molecule has 0 amide bonds. The molecule has 72 heavy (non-hydrogen) atoms. The summed E-state index contributed by atoms with van der Waals surface area (Å²) in [7, 11) is 0. The summed E-state index contributed by atoms with van der Waals surface area (Å²) in [4.78, 5) is 9.39. The number of aromatic nitrogens is 2. The van der Waals surface area contributed by atoms with Crippen molar-refractivity contribution in [3.8, 4) is 44.5 Å². The van der Waals surface area contributed by atoms with Gasteiger partial charge in [0.05, 0.1) is 23.4 Å². The molecule has 5 nitrogen and oxygen atoms in total. The predicted octanol–water partition coefficient (Wildman–Crippen LogP) is 19.2. The molecule has 0 atom stereocenters. The van der Waals surface area contributed by atoms with Crippen LogP contribution in [0.5, 0.6) is 0 Å². The quantitative estimate of drug-likeness (QED) is 0.176. The fourth-order valence-electron chi connectivity index (χ4n) is 10.9. The van der Waals surface area contributed by atoms with Crippen molar-refractivity contribution in [3.63, 3.8) is 0 Å². The second-order valence-electron chi connectivity index (χ2n) is 18.4. The van der Waals surface area contributed by atoms with Gasteiger partial charge in [-0.25, -0.2) is 0 Å². The third-order valence-electron chi connectivity index (χ3n) is 14.2. The number of furan rings is 3. The Morgan fingerprint density at radius 3 is 1.54 bits per heavy atom. The minimum Gasteiger partial charge on any atom is -0.455 e. The van der Waals surface area contributed by atoms with Crippen LogP contribution in [-0.2, 0) is 0 Å². The lowest BCUT2D eigenvalue weighted by atomic mass is 9.96. The van der Waals surface area contributed by atoms with E-state index in [4.69, 9.17) is 18.2 Å². The van der Waals surface area contributed by atoms with E-state index in [1.54, 1.807) is 0 Å². The summed E-state index contributed by atoms with van der Waals surface area (Å²) >= 11 is 1.87. The number of nitrogens with zero attached hydrogens (tertiary/aromatic N) is 2. The summed E-state index contributed by atoms with van der Waals surface area (Å²) < 4.78 is 21.1. The molecule has 6 heterocycles. The largest absolute Gasteiger partial charge is 0.455 e. The highest BCUT2D eigenvalue weighted by Crippen LogP contribution is 2.43. The molecule has 0 saturated heterocycles. The van der Waals surface area contributed by atoms with Crippen LogP contribution in [0.15, 0.2) is 244 Å². The van der Waals surface area contributed by atoms with Crippen molar-refractivity contribution in [1.29, 1.82) is 0 Å². The third-order valence-corrected chi connectivity index (χ3v) is 15.5. The van der Waals surface area contributed by atoms with Crippen LogP contribution in [0, 0.1) is 0 Å². The highest BCUT2D eigenvalue weighted by atomic mass is 32.1. The lowest BCUT2D eigenvalue weighted by Gasteiger charge is -2.09. The molecule has 6 heteroatoms. The Bertz CT molecular complexity index is 4840. The lowest BCUT2D eigenvalue weighted by Crippen LogP contribution is -1.85. The van der Waals surface area contributed by atoms with Gasteiger partial charge in [-0.15, -0.1) is 11.3 Å². The van der Waals surface area contributed by atoms with Crippen molar-refractivity contribution in [2.45, 2.75) is 0 Å². The molecule has 16 aromatic rings. The highest BCUT2D eigenvalue weighted by Gasteiger charge is 2.17. The van der Waals surface area contributed by atoms with Crippen molar-refractivity contribution >= 4 is 119 Å². The molecule has 0 aliphatic rings. The molecule has 0 bridgehead atoms. The highest BCUT2D eigenvalue weighted by molar-refractivity contribution is 7.26. The van der Waals surface area contributed by atoms with E-state index < -0.39 is 0 Å². The number of thiophene rings is 1. The number of pyridine rings is 2. The molecule has 336 valence electrons. The minimum absolute atomic E-state index is 0.817. The fraction of sp³-hybridized carbons (Fsp3) is 0. The summed E-state index contributed by atoms with van der Waals surface area (Å²) in [6.07, 6.45) is 3.67. The van der Waals surface area contributed by atoms with Crippen molar-refractivity contribution in [3.05, 3.63) is 231 Å². The molecule has 0 fully saturated rings. The monoisotopic (exact) mass is 938 g/mol. The van der Waals surface area contributed by atoms with Crippen molar-refractivity contribution in [1.82, 2.24) is 9.97 Å². The van der Waals surface area contributed by atoms with Crippen LogP contribution in [0.3, 0.4) is 0 Å². The van der Waals surface area contributed by atoms with Gasteiger partial charge in [0, 0.05) is 68.8 Å². The minimum atomic E-state index is 0.817. The Morgan fingerprint density at radius 1 is 0.292 bits per heavy atom. The smallest absolute Gasteiger partial charge is 0.154 e. The molecule has 0 spiro atoms. The van der Waals surface area contributed by atoms with Gasteiger partial charge in [-0.2, -0.15) is 0 Å². The number of rotatable bonds is 4. The van der Waals surface area contributed by atoms with Crippen LogP contribution < -0.4 is 0 Å². The molecule has 0 saturated carbocycles. The van der Waals surface area contributed by atoms with Gasteiger partial charge >= 0.3 is 0 Å². The molecule has 0 radical (unpaired) electrons. The summed E-state index contributed by atoms with van der Waals surface area (Å²) in [5.74, 6) is 0. The van der Waals surface area contributed by atoms with Gasteiger partial charge in [0.15, 0.2) is 11.2 Å². The standard InChI is InChI=1S/C33H19NO2.C33H19NOS/c1-3-13-29-24(9-1)25-12-6-11-23(33(25)36-29)22-8-5-7-20(17-22)21-15-16-26-28(18-21)34-19-31-32(26)27-10-2-4-14-30(27)35-31;1-3-13-29-26(10-1)32-27-18-21(15-16-28(27)34-19-30(32)35-29)20-7-5-8-22(17-20)23-11-6-12-25-24-9-2-4-14-31(24)36-33(23)25/h2*1-19H. The normalized spacial score (nSPS) is 11.9. The number of hydrogen-bond donors (Lipinski definition) is 0. The van der Waals surface area contributed by atoms with Gasteiger partial charge in [0.2, 0.25) is 0 Å². The van der Waals surface area contributed by atoms with Gasteiger partial charge in [-0.05, 0) is 93.5 Å². The Hall–Kier alpha value is -9.36. The zero-order valence-electron chi connectivity index (χ0n) is 38.5. The van der Waals surface area contributed by atoms with Gasteiger partial charge in [0.1, 0.15) is 22.3 Å². The first-order valence-electron chi connectivity index (χ1n) is 24.1. The Labute approximate surface area is 415 Å². The fourth-order valence-corrected chi connectivity index (χ4v) is 12.1. The zero-order valence-corrected chi connectivity index (χ0v) is 39.3. The van der Waals surface area contributed by atoms with E-state index in [1.165, 1.54) is 42.4 Å². The van der Waals surface area contributed by atoms with Crippen molar-refractivity contribution in [2.75, 3.05) is 0 Å². The lowest BCUT2D eigenvalue weighted by molar-refractivity contribution is 0.667. The second-order valence-corrected chi connectivity index (χ2v) is 19.4. The summed E-state index contributed by atoms with van der Waals surface area (Å²) in [6, 6.07) is 76.8. The molecule has 16 rings (SSSR count). The van der Waals surface area contributed by atoms with E-state index in [0.29, 0.717) is 0 Å². The average Bonchev–Trinajstić information content (AvgIpc) is 4.23. The molecular weight excluding hydrogens is 901 g/mol. The predicted molar refractivity (Wildman–Crippen MR) is 300 cm³/mol. The van der Waals surface area contributed by atoms with Crippen LogP contribution in [0.2, 0.25) is 0 Å². The average molecular weight is 939 g/mol. The first kappa shape index (κ1) is 40.5. The number of para-hydroxylation sites is 4. The van der Waals surface area contributed by atoms with E-state index in [9.17, 15) is 0 Å². The van der Waals surface area contributed by atoms with Gasteiger partial charge < -0.3 is 13.3 Å². The van der Waals surface area contributed by atoms with E-state index in [2.05, 4.69) is 181 Å². The summed E-state index contributed by atoms with van der Waals surface area (Å²) in [5.41, 5.74) is 16.5. The molecule has 10 aromatic carbocycles. The van der Waals surface area contributed by atoms with Crippen LogP contribution in [0.4, 0.5) is 0 Å². The second kappa shape index (κ2) is 16.1. The Balaban J connectivity index is 0.000000128. The summed E-state index contributed by atoms with van der Waals surface area (Å²) in [6.45, 7) is 0. The van der Waals surface area contributed by atoms with E-state index in [1.807, 2.05) is 66.2 Å². The molecule has 0 N–H and O–H groups in total. The number of benzene rings is 10. The van der Waals surface area contributed by atoms with E-state index in [-0.39, 0.29) is 0 Å². The number of fused-ring (bicyclic) bond motifs is 16. The maximum Gasteiger partial charge on any atom is 0.154 e. The molecular formula is C66H38N2O3S. The van der Waals surface area contributed by atoms with Gasteiger partial charge in [-0.3, -0.25) is 9.97 Å². The Morgan fingerprint density at radius 2 is 0.806 bits per heavy atom. The first-order valence-corrected chi connectivity index (χ1v) is 24.9. The third kappa shape index (κ3) is 6.47. The van der Waals surface area contributed by atoms with Crippen LogP contribution in [0.1, 0.15) is 0 Å². The van der Waals surface area contributed by atoms with E-state index >= 15 is 0 Å². The first-order chi connectivity index (χ1) is 35.7. The molecule has 0 unspecified atom stereocenters. The van der Waals surface area contributed by atoms with E-state index in [0.717, 1.165) is 110 Å². The zero-order chi connectivity index (χ0) is 47.3. The van der Waals surface area contributed by atoms with Crippen LogP contribution >= 0.6 is 11.3 Å². The van der Waals surface area contributed by atoms with Crippen molar-refractivity contribution < 1.29 is 13.3 Å². The SMILES string of the molecule is c1cc(-c2ccc3c(c2)ncc2oc4ccccc4c23)cc(-c2cccc3c2oc2ccccc23)c1.c1cc(-c2ccc3ncc4oc5ccccc5c4c3c2)cc(-c2cccc3c2sc2ccccc23)c1. The van der Waals surface area contributed by atoms with Crippen molar-refractivity contribution in [2.24, 2.45) is 0 Å². The van der Waals surface area contributed by atoms with Gasteiger partial charge in [-0.1, -0.05) is 164 Å². The molecule has 6 aromatic heterocycles. The van der Waals surface area contributed by atoms with Crippen LogP contribution in [0.25, 0.3) is 152 Å². The summed E-state index contributed by atoms with van der Waals surface area (Å²) in [5, 5.41) is 11.6.